The molecule has 0 aromatic heterocycles. The van der Waals surface area contributed by atoms with E-state index >= 15 is 0 Å². The van der Waals surface area contributed by atoms with Crippen LogP contribution in [0.2, 0.25) is 0 Å². The lowest BCUT2D eigenvalue weighted by Crippen LogP contribution is -2.27. The van der Waals surface area contributed by atoms with Gasteiger partial charge >= 0.3 is 0 Å². The van der Waals surface area contributed by atoms with E-state index in [0.717, 1.165) is 13.0 Å². The van der Waals surface area contributed by atoms with E-state index in [1.165, 1.54) is 32.1 Å². The molecule has 0 aliphatic carbocycles. The first-order valence-electron chi connectivity index (χ1n) is 6.56. The molecular formula is C14H27NO. The minimum atomic E-state index is 0.0172. The molecule has 0 fully saturated rings. The summed E-state index contributed by atoms with van der Waals surface area (Å²) in [5, 5.41) is 2.92. The van der Waals surface area contributed by atoms with Gasteiger partial charge in [-0.1, -0.05) is 59.5 Å². The van der Waals surface area contributed by atoms with Crippen LogP contribution in [0.1, 0.15) is 59.3 Å². The molecule has 0 rings (SSSR count). The van der Waals surface area contributed by atoms with Crippen molar-refractivity contribution in [3.8, 4) is 0 Å². The molecule has 0 saturated heterocycles. The Bertz CT molecular complexity index is 209. The van der Waals surface area contributed by atoms with Crippen LogP contribution in [-0.4, -0.2) is 12.5 Å². The molecule has 0 aliphatic rings. The van der Waals surface area contributed by atoms with E-state index in [-0.39, 0.29) is 11.8 Å². The highest BCUT2D eigenvalue weighted by Crippen LogP contribution is 2.07. The van der Waals surface area contributed by atoms with Gasteiger partial charge in [-0.15, -0.1) is 0 Å². The zero-order valence-electron chi connectivity index (χ0n) is 11.1. The molecule has 0 atom stereocenters. The molecule has 0 spiro atoms. The van der Waals surface area contributed by atoms with Gasteiger partial charge in [-0.3, -0.25) is 4.79 Å². The first kappa shape index (κ1) is 15.2. The Morgan fingerprint density at radius 3 is 2.25 bits per heavy atom. The van der Waals surface area contributed by atoms with Crippen molar-refractivity contribution in [1.29, 1.82) is 0 Å². The van der Waals surface area contributed by atoms with E-state index in [2.05, 4.69) is 18.8 Å². The van der Waals surface area contributed by atoms with Crippen LogP contribution in [0.4, 0.5) is 0 Å². The van der Waals surface area contributed by atoms with Gasteiger partial charge in [0.1, 0.15) is 0 Å². The molecule has 0 aliphatic heterocycles. The van der Waals surface area contributed by atoms with Crippen LogP contribution in [0.3, 0.4) is 0 Å². The number of hydrogen-bond acceptors (Lipinski definition) is 1. The summed E-state index contributed by atoms with van der Waals surface area (Å²) in [7, 11) is 0. The van der Waals surface area contributed by atoms with Gasteiger partial charge < -0.3 is 5.32 Å². The maximum absolute atomic E-state index is 11.5. The Morgan fingerprint density at radius 1 is 1.12 bits per heavy atom. The molecule has 1 amide bonds. The average molecular weight is 225 g/mol. The summed E-state index contributed by atoms with van der Waals surface area (Å²) in [4.78, 5) is 11.5. The molecule has 2 heteroatoms. The fourth-order valence-electron chi connectivity index (χ4n) is 1.48. The van der Waals surface area contributed by atoms with Crippen LogP contribution >= 0.6 is 0 Å². The largest absolute Gasteiger partial charge is 0.352 e. The normalized spacial score (nSPS) is 10.5. The second-order valence-corrected chi connectivity index (χ2v) is 4.70. The molecule has 1 N–H and O–H groups in total. The minimum Gasteiger partial charge on any atom is -0.352 e. The van der Waals surface area contributed by atoms with Gasteiger partial charge in [0, 0.05) is 12.1 Å². The van der Waals surface area contributed by atoms with E-state index < -0.39 is 0 Å². The third-order valence-corrected chi connectivity index (χ3v) is 2.80. The molecular weight excluding hydrogens is 198 g/mol. The van der Waals surface area contributed by atoms with Crippen molar-refractivity contribution in [2.24, 2.45) is 5.92 Å². The standard InChI is InChI=1S/C14H27NO/c1-5-6-7-8-9-10-11-15-14(16)13(4)12(2)3/h12H,4-11H2,1-3H3,(H,15,16). The van der Waals surface area contributed by atoms with Crippen LogP contribution in [0.15, 0.2) is 12.2 Å². The van der Waals surface area contributed by atoms with Gasteiger partial charge in [-0.25, -0.2) is 0 Å². The molecule has 16 heavy (non-hydrogen) atoms. The van der Waals surface area contributed by atoms with Crippen LogP contribution in [-0.2, 0) is 4.79 Å². The molecule has 0 bridgehead atoms. The highest BCUT2D eigenvalue weighted by atomic mass is 16.1. The second kappa shape index (κ2) is 9.44. The number of nitrogens with one attached hydrogen (secondary N) is 1. The van der Waals surface area contributed by atoms with Crippen molar-refractivity contribution >= 4 is 5.91 Å². The number of amides is 1. The fourth-order valence-corrected chi connectivity index (χ4v) is 1.48. The third-order valence-electron chi connectivity index (χ3n) is 2.80. The molecule has 0 unspecified atom stereocenters. The van der Waals surface area contributed by atoms with E-state index in [0.29, 0.717) is 5.57 Å². The molecule has 0 aromatic carbocycles. The van der Waals surface area contributed by atoms with Gasteiger partial charge in [0.15, 0.2) is 0 Å². The van der Waals surface area contributed by atoms with E-state index in [1.807, 2.05) is 13.8 Å². The van der Waals surface area contributed by atoms with Crippen LogP contribution in [0, 0.1) is 5.92 Å². The summed E-state index contributed by atoms with van der Waals surface area (Å²) in [6, 6.07) is 0. The van der Waals surface area contributed by atoms with Gasteiger partial charge in [-0.2, -0.15) is 0 Å². The SMILES string of the molecule is C=C(C(=O)NCCCCCCCC)C(C)C. The van der Waals surface area contributed by atoms with Crippen molar-refractivity contribution in [3.05, 3.63) is 12.2 Å². The van der Waals surface area contributed by atoms with Crippen molar-refractivity contribution < 1.29 is 4.79 Å². The van der Waals surface area contributed by atoms with Crippen molar-refractivity contribution in [2.45, 2.75) is 59.3 Å². The van der Waals surface area contributed by atoms with Crippen molar-refractivity contribution in [3.63, 3.8) is 0 Å². The third kappa shape index (κ3) is 7.49. The first-order valence-corrected chi connectivity index (χ1v) is 6.56. The average Bonchev–Trinajstić information content (AvgIpc) is 2.26. The number of unbranched alkanes of at least 4 members (excludes halogenated alkanes) is 5. The Hall–Kier alpha value is -0.790. The van der Waals surface area contributed by atoms with E-state index in [1.54, 1.807) is 0 Å². The Morgan fingerprint density at radius 2 is 1.69 bits per heavy atom. The van der Waals surface area contributed by atoms with Gasteiger partial charge in [0.2, 0.25) is 5.91 Å². The van der Waals surface area contributed by atoms with Crippen LogP contribution in [0.5, 0.6) is 0 Å². The molecule has 0 heterocycles. The highest BCUT2D eigenvalue weighted by Gasteiger charge is 2.08. The summed E-state index contributed by atoms with van der Waals surface area (Å²) in [5.74, 6) is 0.258. The summed E-state index contributed by atoms with van der Waals surface area (Å²) >= 11 is 0. The monoisotopic (exact) mass is 225 g/mol. The molecule has 0 saturated carbocycles. The summed E-state index contributed by atoms with van der Waals surface area (Å²) in [5.41, 5.74) is 0.686. The summed E-state index contributed by atoms with van der Waals surface area (Å²) < 4.78 is 0. The van der Waals surface area contributed by atoms with Crippen LogP contribution in [0.25, 0.3) is 0 Å². The van der Waals surface area contributed by atoms with Gasteiger partial charge in [-0.05, 0) is 12.3 Å². The minimum absolute atomic E-state index is 0.0172. The lowest BCUT2D eigenvalue weighted by Gasteiger charge is -2.09. The van der Waals surface area contributed by atoms with Gasteiger partial charge in [0.25, 0.3) is 0 Å². The number of carbonyl (C=O) groups is 1. The quantitative estimate of drug-likeness (QED) is 0.471. The van der Waals surface area contributed by atoms with Crippen molar-refractivity contribution in [2.75, 3.05) is 6.54 Å². The summed E-state index contributed by atoms with van der Waals surface area (Å²) in [6.07, 6.45) is 7.52. The topological polar surface area (TPSA) is 29.1 Å². The Kier molecular flexibility index (Phi) is 8.97. The summed E-state index contributed by atoms with van der Waals surface area (Å²) in [6.45, 7) is 10.8. The predicted octanol–water partition coefficient (Wildman–Crippen LogP) is 3.68. The highest BCUT2D eigenvalue weighted by molar-refractivity contribution is 5.93. The fraction of sp³-hybridized carbons (Fsp3) is 0.786. The zero-order valence-corrected chi connectivity index (χ0v) is 11.1. The van der Waals surface area contributed by atoms with E-state index in [9.17, 15) is 4.79 Å². The van der Waals surface area contributed by atoms with Gasteiger partial charge in [0.05, 0.1) is 0 Å². The number of carbonyl (C=O) groups excluding carboxylic acids is 1. The Balaban J connectivity index is 3.38. The smallest absolute Gasteiger partial charge is 0.246 e. The lowest BCUT2D eigenvalue weighted by atomic mass is 10.0. The van der Waals surface area contributed by atoms with E-state index in [4.69, 9.17) is 0 Å². The number of rotatable bonds is 9. The molecule has 94 valence electrons. The number of hydrogen-bond donors (Lipinski definition) is 1. The maximum atomic E-state index is 11.5. The maximum Gasteiger partial charge on any atom is 0.246 e. The molecule has 0 radical (unpaired) electrons. The van der Waals surface area contributed by atoms with Crippen molar-refractivity contribution in [1.82, 2.24) is 5.32 Å². The first-order chi connectivity index (χ1) is 7.59. The second-order valence-electron chi connectivity index (χ2n) is 4.70. The lowest BCUT2D eigenvalue weighted by molar-refractivity contribution is -0.117. The van der Waals surface area contributed by atoms with Crippen LogP contribution < -0.4 is 5.32 Å². The molecule has 2 nitrogen and oxygen atoms in total. The zero-order chi connectivity index (χ0) is 12.4. The predicted molar refractivity (Wildman–Crippen MR) is 70.4 cm³/mol. The Labute approximate surface area is 101 Å². The molecule has 0 aromatic rings.